The molecule has 166 valence electrons. The molecule has 2 aromatic rings. The highest BCUT2D eigenvalue weighted by Gasteiger charge is 2.25. The molecule has 0 aliphatic carbocycles. The Morgan fingerprint density at radius 2 is 1.84 bits per heavy atom. The number of Topliss-reactive ketones (excluding diaryl/α,β-unsaturated/α-hetero) is 1. The molecule has 0 aliphatic rings. The van der Waals surface area contributed by atoms with Gasteiger partial charge >= 0.3 is 11.9 Å². The van der Waals surface area contributed by atoms with Gasteiger partial charge in [0.15, 0.2) is 5.78 Å². The molecule has 0 fully saturated rings. The summed E-state index contributed by atoms with van der Waals surface area (Å²) in [6.07, 6.45) is 0.960. The number of hydrogen-bond donors (Lipinski definition) is 4. The van der Waals surface area contributed by atoms with E-state index in [2.05, 4.69) is 10.6 Å². The van der Waals surface area contributed by atoms with Crippen LogP contribution in [-0.2, 0) is 20.7 Å². The third-order valence-electron chi connectivity index (χ3n) is 4.76. The number of ketones is 1. The minimum atomic E-state index is -1.09. The van der Waals surface area contributed by atoms with E-state index in [0.717, 1.165) is 5.56 Å². The van der Waals surface area contributed by atoms with Crippen LogP contribution in [0.25, 0.3) is 0 Å². The van der Waals surface area contributed by atoms with Gasteiger partial charge in [-0.1, -0.05) is 24.3 Å². The predicted molar refractivity (Wildman–Crippen MR) is 116 cm³/mol. The Morgan fingerprint density at radius 1 is 1.10 bits per heavy atom. The molecule has 2 atom stereocenters. The summed E-state index contributed by atoms with van der Waals surface area (Å²) >= 11 is 0. The number of esters is 1. The SMILES string of the molecule is COC(=O)C(C)Nc1ccccc1C(=O)[C@H](CC(=O)O)NCCCc1cccc(O)c1. The van der Waals surface area contributed by atoms with E-state index in [1.807, 2.05) is 6.07 Å². The van der Waals surface area contributed by atoms with E-state index in [-0.39, 0.29) is 18.0 Å². The molecule has 0 aliphatic heterocycles. The van der Waals surface area contributed by atoms with Crippen LogP contribution in [0.5, 0.6) is 5.75 Å². The Hall–Kier alpha value is -3.39. The summed E-state index contributed by atoms with van der Waals surface area (Å²) in [5, 5.41) is 24.8. The number of ether oxygens (including phenoxy) is 1. The van der Waals surface area contributed by atoms with Crippen molar-refractivity contribution in [3.63, 3.8) is 0 Å². The summed E-state index contributed by atoms with van der Waals surface area (Å²) in [6.45, 7) is 2.04. The van der Waals surface area contributed by atoms with Crippen molar-refractivity contribution in [3.8, 4) is 5.75 Å². The molecule has 0 aromatic heterocycles. The lowest BCUT2D eigenvalue weighted by Gasteiger charge is -2.20. The molecule has 2 rings (SSSR count). The summed E-state index contributed by atoms with van der Waals surface area (Å²) in [5.41, 5.74) is 1.68. The molecule has 0 amide bonds. The maximum atomic E-state index is 13.1. The summed E-state index contributed by atoms with van der Waals surface area (Å²) < 4.78 is 4.70. The number of phenols is 1. The molecule has 0 spiro atoms. The fourth-order valence-electron chi connectivity index (χ4n) is 3.19. The zero-order valence-electron chi connectivity index (χ0n) is 17.6. The third-order valence-corrected chi connectivity index (χ3v) is 4.76. The Kier molecular flexibility index (Phi) is 9.02. The van der Waals surface area contributed by atoms with Gasteiger partial charge in [-0.25, -0.2) is 4.79 Å². The number of benzene rings is 2. The van der Waals surface area contributed by atoms with E-state index in [0.29, 0.717) is 30.6 Å². The van der Waals surface area contributed by atoms with Crippen molar-refractivity contribution in [1.29, 1.82) is 0 Å². The van der Waals surface area contributed by atoms with E-state index in [4.69, 9.17) is 4.74 Å². The largest absolute Gasteiger partial charge is 0.508 e. The first-order chi connectivity index (χ1) is 14.8. The van der Waals surface area contributed by atoms with Gasteiger partial charge in [0.1, 0.15) is 11.8 Å². The lowest BCUT2D eigenvalue weighted by Crippen LogP contribution is -2.40. The molecule has 4 N–H and O–H groups in total. The highest BCUT2D eigenvalue weighted by Crippen LogP contribution is 2.20. The molecule has 31 heavy (non-hydrogen) atoms. The minimum Gasteiger partial charge on any atom is -0.508 e. The second-order valence-electron chi connectivity index (χ2n) is 7.18. The van der Waals surface area contributed by atoms with Gasteiger partial charge < -0.3 is 25.6 Å². The number of carboxylic acid groups (broad SMARTS) is 1. The van der Waals surface area contributed by atoms with Gasteiger partial charge in [-0.3, -0.25) is 9.59 Å². The fraction of sp³-hybridized carbons (Fsp3) is 0.348. The number of para-hydroxylation sites is 1. The summed E-state index contributed by atoms with van der Waals surface area (Å²) in [5.74, 6) is -1.75. The third kappa shape index (κ3) is 7.42. The molecule has 0 saturated carbocycles. The molecule has 2 aromatic carbocycles. The van der Waals surface area contributed by atoms with Crippen LogP contribution >= 0.6 is 0 Å². The van der Waals surface area contributed by atoms with Crippen LogP contribution in [0.15, 0.2) is 48.5 Å². The first-order valence-corrected chi connectivity index (χ1v) is 10.0. The molecule has 0 radical (unpaired) electrons. The first-order valence-electron chi connectivity index (χ1n) is 10.0. The van der Waals surface area contributed by atoms with Crippen LogP contribution in [0, 0.1) is 0 Å². The number of phenolic OH excluding ortho intramolecular Hbond substituents is 1. The Morgan fingerprint density at radius 3 is 2.52 bits per heavy atom. The van der Waals surface area contributed by atoms with Crippen LogP contribution in [-0.4, -0.2) is 53.7 Å². The number of hydrogen-bond acceptors (Lipinski definition) is 7. The molecule has 1 unspecified atom stereocenters. The number of carbonyl (C=O) groups excluding carboxylic acids is 2. The number of methoxy groups -OCH3 is 1. The highest BCUT2D eigenvalue weighted by molar-refractivity contribution is 6.06. The van der Waals surface area contributed by atoms with Gasteiger partial charge in [0.25, 0.3) is 0 Å². The molecular formula is C23H28N2O6. The molecule has 0 bridgehead atoms. The van der Waals surface area contributed by atoms with Gasteiger partial charge in [0.05, 0.1) is 19.6 Å². The fourth-order valence-corrected chi connectivity index (χ4v) is 3.19. The number of aromatic hydroxyl groups is 1. The molecule has 8 heteroatoms. The van der Waals surface area contributed by atoms with Crippen LogP contribution in [0.2, 0.25) is 0 Å². The number of anilines is 1. The van der Waals surface area contributed by atoms with E-state index in [1.165, 1.54) is 7.11 Å². The zero-order valence-corrected chi connectivity index (χ0v) is 17.6. The van der Waals surface area contributed by atoms with E-state index in [9.17, 15) is 24.6 Å². The number of nitrogens with one attached hydrogen (secondary N) is 2. The van der Waals surface area contributed by atoms with Gasteiger partial charge in [0, 0.05) is 11.3 Å². The number of rotatable bonds is 12. The van der Waals surface area contributed by atoms with Crippen molar-refractivity contribution in [2.45, 2.75) is 38.3 Å². The topological polar surface area (TPSA) is 125 Å². The predicted octanol–water partition coefficient (Wildman–Crippen LogP) is 2.61. The maximum absolute atomic E-state index is 13.1. The van der Waals surface area contributed by atoms with Crippen molar-refractivity contribution in [3.05, 3.63) is 59.7 Å². The van der Waals surface area contributed by atoms with Crippen LogP contribution in [0.1, 0.15) is 35.7 Å². The second kappa shape index (κ2) is 11.7. The smallest absolute Gasteiger partial charge is 0.327 e. The van der Waals surface area contributed by atoms with E-state index in [1.54, 1.807) is 49.4 Å². The van der Waals surface area contributed by atoms with Crippen molar-refractivity contribution in [1.82, 2.24) is 5.32 Å². The van der Waals surface area contributed by atoms with Crippen molar-refractivity contribution in [2.75, 3.05) is 19.0 Å². The van der Waals surface area contributed by atoms with Crippen LogP contribution in [0.4, 0.5) is 5.69 Å². The summed E-state index contributed by atoms with van der Waals surface area (Å²) in [6, 6.07) is 12.0. The van der Waals surface area contributed by atoms with Crippen LogP contribution < -0.4 is 10.6 Å². The standard InChI is InChI=1S/C23H28N2O6/c1-15(23(30)31-2)25-19-11-4-3-10-18(19)22(29)20(14-21(27)28)24-12-6-8-16-7-5-9-17(26)13-16/h3-5,7,9-11,13,15,20,24-26H,6,8,12,14H2,1-2H3,(H,27,28)/t15?,20-/m0/s1. The molecule has 0 saturated heterocycles. The van der Waals surface area contributed by atoms with E-state index < -0.39 is 24.0 Å². The number of aliphatic carboxylic acids is 1. The number of aryl methyl sites for hydroxylation is 1. The van der Waals surface area contributed by atoms with Gasteiger partial charge in [-0.15, -0.1) is 0 Å². The zero-order chi connectivity index (χ0) is 22.8. The summed E-state index contributed by atoms with van der Waals surface area (Å²) in [4.78, 5) is 36.2. The van der Waals surface area contributed by atoms with Gasteiger partial charge in [-0.2, -0.15) is 0 Å². The van der Waals surface area contributed by atoms with Crippen molar-refractivity contribution in [2.24, 2.45) is 0 Å². The minimum absolute atomic E-state index is 0.190. The van der Waals surface area contributed by atoms with Gasteiger partial charge in [-0.05, 0) is 56.1 Å². The van der Waals surface area contributed by atoms with Crippen LogP contribution in [0.3, 0.4) is 0 Å². The number of carbonyl (C=O) groups is 3. The number of carboxylic acids is 1. The Balaban J connectivity index is 2.07. The average Bonchev–Trinajstić information content (AvgIpc) is 2.75. The maximum Gasteiger partial charge on any atom is 0.327 e. The molecule has 8 nitrogen and oxygen atoms in total. The Labute approximate surface area is 181 Å². The van der Waals surface area contributed by atoms with Crippen molar-refractivity contribution >= 4 is 23.4 Å². The lowest BCUT2D eigenvalue weighted by molar-refractivity contribution is -0.141. The quantitative estimate of drug-likeness (QED) is 0.231. The monoisotopic (exact) mass is 428 g/mol. The highest BCUT2D eigenvalue weighted by atomic mass is 16.5. The lowest BCUT2D eigenvalue weighted by atomic mass is 9.99. The van der Waals surface area contributed by atoms with E-state index >= 15 is 0 Å². The molecular weight excluding hydrogens is 400 g/mol. The van der Waals surface area contributed by atoms with Crippen molar-refractivity contribution < 1.29 is 29.3 Å². The normalized spacial score (nSPS) is 12.6. The first kappa shape index (κ1) is 23.9. The average molecular weight is 428 g/mol. The summed E-state index contributed by atoms with van der Waals surface area (Å²) in [7, 11) is 1.28. The van der Waals surface area contributed by atoms with Gasteiger partial charge in [0.2, 0.25) is 0 Å². The second-order valence-corrected chi connectivity index (χ2v) is 7.18. The molecule has 0 heterocycles. The Bertz CT molecular complexity index is 914.